The second-order valence-corrected chi connectivity index (χ2v) is 6.07. The van der Waals surface area contributed by atoms with Crippen molar-refractivity contribution in [2.24, 2.45) is 0 Å². The van der Waals surface area contributed by atoms with Crippen LogP contribution in [0.15, 0.2) is 17.6 Å². The molecule has 0 aliphatic heterocycles. The Balaban J connectivity index is 3.08. The van der Waals surface area contributed by atoms with Gasteiger partial charge in [0.1, 0.15) is 9.88 Å². The molecule has 21 heavy (non-hydrogen) atoms. The molecule has 1 rings (SSSR count). The first-order chi connectivity index (χ1) is 10.1. The number of nitrogens with one attached hydrogen (secondary N) is 1. The van der Waals surface area contributed by atoms with Crippen LogP contribution in [-0.2, 0) is 4.74 Å². The molecular weight excluding hydrogens is 306 g/mol. The van der Waals surface area contributed by atoms with E-state index in [1.165, 1.54) is 11.3 Å². The number of likely N-dealkylation sites (N-methyl/N-ethyl adjacent to an activating group) is 1. The SMILES string of the molecule is C=CCNC(=O)c1sc(N(CC)CCOC)c(SC)c1N. The molecule has 1 aromatic rings. The lowest BCUT2D eigenvalue weighted by Gasteiger charge is -2.22. The highest BCUT2D eigenvalue weighted by molar-refractivity contribution is 7.99. The zero-order chi connectivity index (χ0) is 15.8. The molecule has 0 bridgehead atoms. The normalized spacial score (nSPS) is 10.4. The Bertz CT molecular complexity index is 489. The average Bonchev–Trinajstić information content (AvgIpc) is 2.82. The number of hydrogen-bond acceptors (Lipinski definition) is 6. The van der Waals surface area contributed by atoms with E-state index < -0.39 is 0 Å². The number of ether oxygens (including phenoxy) is 1. The molecule has 0 fully saturated rings. The van der Waals surface area contributed by atoms with E-state index in [1.54, 1.807) is 24.9 Å². The van der Waals surface area contributed by atoms with E-state index in [9.17, 15) is 4.79 Å². The highest BCUT2D eigenvalue weighted by Crippen LogP contribution is 2.43. The first-order valence-electron chi connectivity index (χ1n) is 6.69. The van der Waals surface area contributed by atoms with Gasteiger partial charge in [0.25, 0.3) is 5.91 Å². The Hall–Kier alpha value is -1.18. The molecule has 0 unspecified atom stereocenters. The van der Waals surface area contributed by atoms with E-state index in [-0.39, 0.29) is 5.91 Å². The number of methoxy groups -OCH3 is 1. The van der Waals surface area contributed by atoms with Crippen LogP contribution in [-0.4, -0.2) is 45.5 Å². The molecule has 0 aliphatic carbocycles. The number of nitrogens with zero attached hydrogens (tertiary/aromatic N) is 1. The summed E-state index contributed by atoms with van der Waals surface area (Å²) in [6, 6.07) is 0. The third-order valence-corrected chi connectivity index (χ3v) is 5.15. The molecule has 1 aromatic heterocycles. The van der Waals surface area contributed by atoms with Crippen LogP contribution in [0.5, 0.6) is 0 Å². The zero-order valence-corrected chi connectivity index (χ0v) is 14.4. The fraction of sp³-hybridized carbons (Fsp3) is 0.500. The van der Waals surface area contributed by atoms with Crippen molar-refractivity contribution < 1.29 is 9.53 Å². The van der Waals surface area contributed by atoms with Crippen molar-refractivity contribution in [2.45, 2.75) is 11.8 Å². The van der Waals surface area contributed by atoms with E-state index in [0.29, 0.717) is 23.7 Å². The maximum atomic E-state index is 12.1. The second-order valence-electron chi connectivity index (χ2n) is 4.25. The molecule has 0 radical (unpaired) electrons. The van der Waals surface area contributed by atoms with E-state index in [1.807, 2.05) is 6.26 Å². The molecule has 0 aliphatic rings. The predicted octanol–water partition coefficient (Wildman–Crippen LogP) is 2.44. The molecular formula is C14H23N3O2S2. The minimum absolute atomic E-state index is 0.151. The van der Waals surface area contributed by atoms with Crippen molar-refractivity contribution >= 4 is 39.7 Å². The van der Waals surface area contributed by atoms with Gasteiger partial charge in [0.05, 0.1) is 17.2 Å². The number of hydrogen-bond donors (Lipinski definition) is 2. The largest absolute Gasteiger partial charge is 0.396 e. The van der Waals surface area contributed by atoms with Gasteiger partial charge in [-0.15, -0.1) is 29.7 Å². The Morgan fingerprint density at radius 1 is 1.62 bits per heavy atom. The van der Waals surface area contributed by atoms with Gasteiger partial charge in [-0.2, -0.15) is 0 Å². The number of nitrogen functional groups attached to an aromatic ring is 1. The molecule has 0 aromatic carbocycles. The quantitative estimate of drug-likeness (QED) is 0.538. The topological polar surface area (TPSA) is 67.6 Å². The summed E-state index contributed by atoms with van der Waals surface area (Å²) in [5, 5.41) is 3.81. The van der Waals surface area contributed by atoms with Crippen LogP contribution in [0.2, 0.25) is 0 Å². The van der Waals surface area contributed by atoms with Crippen molar-refractivity contribution in [2.75, 3.05) is 50.2 Å². The maximum absolute atomic E-state index is 12.1. The van der Waals surface area contributed by atoms with Gasteiger partial charge in [-0.1, -0.05) is 6.08 Å². The van der Waals surface area contributed by atoms with Crippen LogP contribution >= 0.6 is 23.1 Å². The van der Waals surface area contributed by atoms with E-state index in [2.05, 4.69) is 23.7 Å². The Morgan fingerprint density at radius 3 is 2.86 bits per heavy atom. The molecule has 0 saturated heterocycles. The first kappa shape index (κ1) is 17.9. The van der Waals surface area contributed by atoms with Crippen LogP contribution in [0.1, 0.15) is 16.6 Å². The standard InChI is InChI=1S/C14H23N3O2S2/c1-5-7-16-13(18)11-10(15)12(20-4)14(21-11)17(6-2)8-9-19-3/h5H,1,6-9,15H2,2-4H3,(H,16,18). The minimum Gasteiger partial charge on any atom is -0.396 e. The Morgan fingerprint density at radius 2 is 2.33 bits per heavy atom. The molecule has 0 spiro atoms. The lowest BCUT2D eigenvalue weighted by Crippen LogP contribution is -2.26. The predicted molar refractivity (Wildman–Crippen MR) is 92.8 cm³/mol. The first-order valence-corrected chi connectivity index (χ1v) is 8.73. The summed E-state index contributed by atoms with van der Waals surface area (Å²) in [5.41, 5.74) is 6.71. The van der Waals surface area contributed by atoms with Crippen molar-refractivity contribution in [1.82, 2.24) is 5.32 Å². The van der Waals surface area contributed by atoms with Crippen LogP contribution in [0.3, 0.4) is 0 Å². The van der Waals surface area contributed by atoms with Gasteiger partial charge in [0.2, 0.25) is 0 Å². The number of amides is 1. The lowest BCUT2D eigenvalue weighted by atomic mass is 10.3. The van der Waals surface area contributed by atoms with Gasteiger partial charge < -0.3 is 20.7 Å². The fourth-order valence-electron chi connectivity index (χ4n) is 1.84. The van der Waals surface area contributed by atoms with Gasteiger partial charge in [-0.05, 0) is 13.2 Å². The van der Waals surface area contributed by atoms with Crippen molar-refractivity contribution in [3.05, 3.63) is 17.5 Å². The lowest BCUT2D eigenvalue weighted by molar-refractivity contribution is 0.0963. The minimum atomic E-state index is -0.151. The summed E-state index contributed by atoms with van der Waals surface area (Å²) in [6.45, 7) is 8.35. The second kappa shape index (κ2) is 8.96. The summed E-state index contributed by atoms with van der Waals surface area (Å²) in [6.07, 6.45) is 3.62. The number of thioether (sulfide) groups is 1. The van der Waals surface area contributed by atoms with E-state index in [4.69, 9.17) is 10.5 Å². The smallest absolute Gasteiger partial charge is 0.263 e. The third kappa shape index (κ3) is 4.39. The van der Waals surface area contributed by atoms with E-state index >= 15 is 0 Å². The molecule has 1 amide bonds. The molecule has 7 heteroatoms. The number of carbonyl (C=O) groups excluding carboxylic acids is 1. The summed E-state index contributed by atoms with van der Waals surface area (Å²) in [5.74, 6) is -0.151. The van der Waals surface area contributed by atoms with Crippen molar-refractivity contribution in [3.63, 3.8) is 0 Å². The molecule has 118 valence electrons. The molecule has 0 atom stereocenters. The van der Waals surface area contributed by atoms with Gasteiger partial charge in [-0.3, -0.25) is 4.79 Å². The maximum Gasteiger partial charge on any atom is 0.263 e. The number of rotatable bonds is 9. The van der Waals surface area contributed by atoms with Gasteiger partial charge in [-0.25, -0.2) is 0 Å². The van der Waals surface area contributed by atoms with Crippen LogP contribution in [0.25, 0.3) is 0 Å². The number of nitrogens with two attached hydrogens (primary N) is 1. The number of carbonyl (C=O) groups is 1. The summed E-state index contributed by atoms with van der Waals surface area (Å²) >= 11 is 2.99. The van der Waals surface area contributed by atoms with Gasteiger partial charge in [0, 0.05) is 26.7 Å². The van der Waals surface area contributed by atoms with Gasteiger partial charge in [0.15, 0.2) is 0 Å². The Kier molecular flexibility index (Phi) is 7.63. The van der Waals surface area contributed by atoms with Crippen molar-refractivity contribution in [3.8, 4) is 0 Å². The number of anilines is 2. The number of thiophene rings is 1. The fourth-order valence-corrected chi connectivity index (χ4v) is 4.03. The highest BCUT2D eigenvalue weighted by atomic mass is 32.2. The third-order valence-electron chi connectivity index (χ3n) is 2.93. The average molecular weight is 329 g/mol. The summed E-state index contributed by atoms with van der Waals surface area (Å²) < 4.78 is 5.14. The molecule has 3 N–H and O–H groups in total. The van der Waals surface area contributed by atoms with Gasteiger partial charge >= 0.3 is 0 Å². The monoisotopic (exact) mass is 329 g/mol. The van der Waals surface area contributed by atoms with Crippen LogP contribution in [0, 0.1) is 0 Å². The Labute approximate surface area is 134 Å². The van der Waals surface area contributed by atoms with Crippen LogP contribution in [0.4, 0.5) is 10.7 Å². The highest BCUT2D eigenvalue weighted by Gasteiger charge is 2.23. The van der Waals surface area contributed by atoms with E-state index in [0.717, 1.165) is 23.0 Å². The van der Waals surface area contributed by atoms with Crippen molar-refractivity contribution in [1.29, 1.82) is 0 Å². The summed E-state index contributed by atoms with van der Waals surface area (Å²) in [4.78, 5) is 15.9. The zero-order valence-electron chi connectivity index (χ0n) is 12.8. The molecule has 1 heterocycles. The van der Waals surface area contributed by atoms with Crippen LogP contribution < -0.4 is 16.0 Å². The summed E-state index contributed by atoms with van der Waals surface area (Å²) in [7, 11) is 1.68. The molecule has 0 saturated carbocycles. The molecule has 5 nitrogen and oxygen atoms in total.